The predicted octanol–water partition coefficient (Wildman–Crippen LogP) is 2.97. The topological polar surface area (TPSA) is 26.3 Å². The van der Waals surface area contributed by atoms with Crippen LogP contribution in [-0.2, 0) is 21.4 Å². The summed E-state index contributed by atoms with van der Waals surface area (Å²) < 4.78 is 5.38. The molecule has 0 N–H and O–H groups in total. The van der Waals surface area contributed by atoms with Gasteiger partial charge in [0.05, 0.1) is 13.2 Å². The van der Waals surface area contributed by atoms with Crippen LogP contribution in [0.15, 0.2) is 23.1 Å². The van der Waals surface area contributed by atoms with E-state index in [-0.39, 0.29) is 11.2 Å². The molecule has 1 saturated heterocycles. The fraction of sp³-hybridized carbons (Fsp3) is 0.533. The molecule has 0 spiro atoms. The smallest absolute Gasteiger partial charge is 0.130 e. The van der Waals surface area contributed by atoms with Gasteiger partial charge in [0.15, 0.2) is 0 Å². The number of hydrogen-bond donors (Lipinski definition) is 0. The highest BCUT2D eigenvalue weighted by Gasteiger charge is 2.41. The van der Waals surface area contributed by atoms with Crippen LogP contribution < -0.4 is 0 Å². The first-order chi connectivity index (χ1) is 8.70. The Morgan fingerprint density at radius 2 is 2.28 bits per heavy atom. The first-order valence-corrected chi connectivity index (χ1v) is 7.52. The van der Waals surface area contributed by atoms with Crippen molar-refractivity contribution in [1.29, 1.82) is 0 Å². The minimum Gasteiger partial charge on any atom is -0.379 e. The third kappa shape index (κ3) is 2.10. The zero-order chi connectivity index (χ0) is 12.6. The van der Waals surface area contributed by atoms with E-state index in [0.717, 1.165) is 0 Å². The Kier molecular flexibility index (Phi) is 3.20. The van der Waals surface area contributed by atoms with Gasteiger partial charge in [-0.15, -0.1) is 11.8 Å². The molecule has 0 amide bonds. The van der Waals surface area contributed by atoms with Crippen molar-refractivity contribution >= 4 is 17.5 Å². The molecule has 3 rings (SSSR count). The minimum absolute atomic E-state index is 0.0387. The summed E-state index contributed by atoms with van der Waals surface area (Å²) in [6.45, 7) is 3.06. The quantitative estimate of drug-likeness (QED) is 0.837. The van der Waals surface area contributed by atoms with Crippen molar-refractivity contribution < 1.29 is 9.53 Å². The van der Waals surface area contributed by atoms with E-state index in [1.807, 2.05) is 11.8 Å². The molecular weight excluding hydrogens is 244 g/mol. The summed E-state index contributed by atoms with van der Waals surface area (Å²) >= 11 is 1.95. The number of benzene rings is 1. The number of ether oxygens (including phenoxy) is 1. The first-order valence-electron chi connectivity index (χ1n) is 6.53. The third-order valence-corrected chi connectivity index (χ3v) is 5.07. The molecule has 1 aromatic carbocycles. The Morgan fingerprint density at radius 1 is 1.44 bits per heavy atom. The lowest BCUT2D eigenvalue weighted by atomic mass is 9.74. The van der Waals surface area contributed by atoms with E-state index in [9.17, 15) is 4.79 Å². The Labute approximate surface area is 112 Å². The molecule has 3 heteroatoms. The molecule has 2 aliphatic rings. The van der Waals surface area contributed by atoms with Crippen molar-refractivity contribution in [3.63, 3.8) is 0 Å². The van der Waals surface area contributed by atoms with Crippen LogP contribution in [-0.4, -0.2) is 24.7 Å². The van der Waals surface area contributed by atoms with E-state index in [4.69, 9.17) is 4.74 Å². The Balaban J connectivity index is 1.93. The zero-order valence-electron chi connectivity index (χ0n) is 10.7. The van der Waals surface area contributed by atoms with Gasteiger partial charge in [-0.1, -0.05) is 12.1 Å². The Hall–Kier alpha value is -0.800. The van der Waals surface area contributed by atoms with Crippen molar-refractivity contribution in [1.82, 2.24) is 0 Å². The molecule has 96 valence electrons. The van der Waals surface area contributed by atoms with Gasteiger partial charge in [-0.3, -0.25) is 4.79 Å². The van der Waals surface area contributed by atoms with E-state index in [2.05, 4.69) is 18.2 Å². The molecule has 1 fully saturated rings. The molecule has 1 aromatic rings. The van der Waals surface area contributed by atoms with Crippen molar-refractivity contribution in [2.45, 2.75) is 36.5 Å². The number of aryl methyl sites for hydroxylation is 1. The average molecular weight is 262 g/mol. The molecule has 0 atom stereocenters. The van der Waals surface area contributed by atoms with E-state index < -0.39 is 0 Å². The molecule has 0 saturated carbocycles. The monoisotopic (exact) mass is 262 g/mol. The maximum absolute atomic E-state index is 11.5. The van der Waals surface area contributed by atoms with Gasteiger partial charge in [0.1, 0.15) is 5.78 Å². The highest BCUT2D eigenvalue weighted by molar-refractivity contribution is 7.99. The molecular formula is C15H18O2S. The summed E-state index contributed by atoms with van der Waals surface area (Å²) in [6.07, 6.45) is 3.05. The van der Waals surface area contributed by atoms with E-state index in [1.165, 1.54) is 34.6 Å². The largest absolute Gasteiger partial charge is 0.379 e. The second-order valence-corrected chi connectivity index (χ2v) is 6.56. The molecule has 0 radical (unpaired) electrons. The van der Waals surface area contributed by atoms with E-state index in [0.29, 0.717) is 19.6 Å². The van der Waals surface area contributed by atoms with Crippen molar-refractivity contribution in [2.75, 3.05) is 19.0 Å². The van der Waals surface area contributed by atoms with Gasteiger partial charge in [0, 0.05) is 16.7 Å². The van der Waals surface area contributed by atoms with Crippen LogP contribution in [0, 0.1) is 0 Å². The number of hydrogen-bond acceptors (Lipinski definition) is 3. The zero-order valence-corrected chi connectivity index (χ0v) is 11.5. The van der Waals surface area contributed by atoms with Gasteiger partial charge < -0.3 is 4.74 Å². The summed E-state index contributed by atoms with van der Waals surface area (Å²) in [7, 11) is 0. The van der Waals surface area contributed by atoms with E-state index in [1.54, 1.807) is 6.92 Å². The van der Waals surface area contributed by atoms with Crippen LogP contribution in [0.25, 0.3) is 0 Å². The van der Waals surface area contributed by atoms with Crippen LogP contribution >= 0.6 is 11.8 Å². The van der Waals surface area contributed by atoms with Crippen LogP contribution in [0.5, 0.6) is 0 Å². The summed E-state index contributed by atoms with van der Waals surface area (Å²) in [5.41, 5.74) is 2.71. The Bertz CT molecular complexity index is 477. The number of thioether (sulfide) groups is 1. The molecule has 0 aliphatic carbocycles. The van der Waals surface area contributed by atoms with Gasteiger partial charge in [0.25, 0.3) is 0 Å². The van der Waals surface area contributed by atoms with Gasteiger partial charge in [-0.25, -0.2) is 0 Å². The molecule has 2 aliphatic heterocycles. The van der Waals surface area contributed by atoms with Gasteiger partial charge in [0.2, 0.25) is 0 Å². The normalized spacial score (nSPS) is 20.9. The van der Waals surface area contributed by atoms with Gasteiger partial charge >= 0.3 is 0 Å². The summed E-state index contributed by atoms with van der Waals surface area (Å²) in [6, 6.07) is 6.74. The van der Waals surface area contributed by atoms with Crippen molar-refractivity contribution in [3.8, 4) is 0 Å². The lowest BCUT2D eigenvalue weighted by Gasteiger charge is -2.42. The fourth-order valence-corrected chi connectivity index (χ4v) is 3.91. The van der Waals surface area contributed by atoms with Crippen molar-refractivity contribution in [3.05, 3.63) is 29.3 Å². The standard InChI is InChI=1S/C15H18O2S/c1-11(16)8-15(9-17-10-15)13-4-5-14-12(7-13)3-2-6-18-14/h4-5,7H,2-3,6,8-10H2,1H3. The van der Waals surface area contributed by atoms with Crippen molar-refractivity contribution in [2.24, 2.45) is 0 Å². The summed E-state index contributed by atoms with van der Waals surface area (Å²) in [4.78, 5) is 12.9. The number of carbonyl (C=O) groups is 1. The number of ketones is 1. The van der Waals surface area contributed by atoms with Crippen LogP contribution in [0.4, 0.5) is 0 Å². The predicted molar refractivity (Wildman–Crippen MR) is 73.3 cm³/mol. The van der Waals surface area contributed by atoms with Gasteiger partial charge in [-0.2, -0.15) is 0 Å². The molecule has 0 bridgehead atoms. The SMILES string of the molecule is CC(=O)CC1(c2ccc3c(c2)CCCS3)COC1. The average Bonchev–Trinajstić information content (AvgIpc) is 2.33. The second-order valence-electron chi connectivity index (χ2n) is 5.43. The molecule has 0 unspecified atom stereocenters. The number of rotatable bonds is 3. The third-order valence-electron chi connectivity index (χ3n) is 3.86. The first kappa shape index (κ1) is 12.2. The maximum Gasteiger partial charge on any atom is 0.130 e. The lowest BCUT2D eigenvalue weighted by molar-refractivity contribution is -0.125. The molecule has 18 heavy (non-hydrogen) atoms. The molecule has 2 nitrogen and oxygen atoms in total. The van der Waals surface area contributed by atoms with E-state index >= 15 is 0 Å². The lowest BCUT2D eigenvalue weighted by Crippen LogP contribution is -2.48. The van der Waals surface area contributed by atoms with Gasteiger partial charge in [-0.05, 0) is 42.7 Å². The number of carbonyl (C=O) groups excluding carboxylic acids is 1. The van der Waals surface area contributed by atoms with Crippen LogP contribution in [0.2, 0.25) is 0 Å². The summed E-state index contributed by atoms with van der Waals surface area (Å²) in [5.74, 6) is 1.49. The van der Waals surface area contributed by atoms with Crippen LogP contribution in [0.3, 0.4) is 0 Å². The van der Waals surface area contributed by atoms with Crippen LogP contribution in [0.1, 0.15) is 30.9 Å². The number of Topliss-reactive ketones (excluding diaryl/α,β-unsaturated/α-hetero) is 1. The Morgan fingerprint density at radius 3 is 2.94 bits per heavy atom. The highest BCUT2D eigenvalue weighted by Crippen LogP contribution is 2.39. The highest BCUT2D eigenvalue weighted by atomic mass is 32.2. The fourth-order valence-electron chi connectivity index (χ4n) is 2.89. The second kappa shape index (κ2) is 4.71. The minimum atomic E-state index is -0.0387. The maximum atomic E-state index is 11.5. The molecule has 0 aromatic heterocycles. The summed E-state index contributed by atoms with van der Waals surface area (Å²) in [5, 5.41) is 0. The molecule has 2 heterocycles. The number of fused-ring (bicyclic) bond motifs is 1.